The molecule has 0 saturated heterocycles. The maximum absolute atomic E-state index is 12.6. The molecule has 0 saturated carbocycles. The highest BCUT2D eigenvalue weighted by atomic mass is 32.2. The molecule has 1 N–H and O–H groups in total. The van der Waals surface area contributed by atoms with Crippen LogP contribution in [0.2, 0.25) is 0 Å². The Morgan fingerprint density at radius 1 is 1.09 bits per heavy atom. The summed E-state index contributed by atoms with van der Waals surface area (Å²) in [6.45, 7) is 3.62. The maximum Gasteiger partial charge on any atom is 0.441 e. The summed E-state index contributed by atoms with van der Waals surface area (Å²) in [6.07, 6.45) is -4.43. The van der Waals surface area contributed by atoms with Crippen molar-refractivity contribution in [3.05, 3.63) is 35.4 Å². The van der Waals surface area contributed by atoms with E-state index in [0.29, 0.717) is 5.56 Å². The molecule has 1 unspecified atom stereocenters. The van der Waals surface area contributed by atoms with Crippen molar-refractivity contribution in [1.82, 2.24) is 5.32 Å². The van der Waals surface area contributed by atoms with Crippen LogP contribution < -0.4 is 5.32 Å². The number of nitrogens with one attached hydrogen (secondary N) is 1. The Bertz CT molecular complexity index is 469. The standard InChI is InChI=1S/C14H17F6NS/c1-9(2)12(8-22-14(18,19)20)21-7-10-4-3-5-11(6-10)13(15,16)17/h3-6,9,12,21H,7-8H2,1-2H3. The first-order chi connectivity index (χ1) is 9.99. The van der Waals surface area contributed by atoms with Gasteiger partial charge in [-0.3, -0.25) is 0 Å². The Morgan fingerprint density at radius 2 is 1.73 bits per heavy atom. The third-order valence-electron chi connectivity index (χ3n) is 3.05. The van der Waals surface area contributed by atoms with Gasteiger partial charge in [-0.1, -0.05) is 32.0 Å². The van der Waals surface area contributed by atoms with E-state index in [4.69, 9.17) is 0 Å². The maximum atomic E-state index is 12.6. The molecule has 0 radical (unpaired) electrons. The number of benzene rings is 1. The van der Waals surface area contributed by atoms with Gasteiger partial charge in [0.15, 0.2) is 0 Å². The molecule has 0 aliphatic heterocycles. The molecule has 8 heteroatoms. The van der Waals surface area contributed by atoms with Crippen molar-refractivity contribution in [2.24, 2.45) is 5.92 Å². The summed E-state index contributed by atoms with van der Waals surface area (Å²) in [6, 6.07) is 4.32. The number of hydrogen-bond donors (Lipinski definition) is 1. The van der Waals surface area contributed by atoms with E-state index in [1.165, 1.54) is 12.1 Å². The Hall–Kier alpha value is -0.890. The highest BCUT2D eigenvalue weighted by molar-refractivity contribution is 8.00. The highest BCUT2D eigenvalue weighted by Crippen LogP contribution is 2.32. The quantitative estimate of drug-likeness (QED) is 0.722. The lowest BCUT2D eigenvalue weighted by Gasteiger charge is -2.23. The second kappa shape index (κ2) is 7.59. The van der Waals surface area contributed by atoms with Gasteiger partial charge in [0, 0.05) is 18.3 Å². The van der Waals surface area contributed by atoms with Gasteiger partial charge >= 0.3 is 11.7 Å². The molecular weight excluding hydrogens is 328 g/mol. The van der Waals surface area contributed by atoms with Gasteiger partial charge in [-0.25, -0.2) is 0 Å². The Balaban J connectivity index is 2.65. The third-order valence-corrected chi connectivity index (χ3v) is 3.91. The molecule has 1 atom stereocenters. The van der Waals surface area contributed by atoms with E-state index >= 15 is 0 Å². The topological polar surface area (TPSA) is 12.0 Å². The third kappa shape index (κ3) is 6.91. The number of hydrogen-bond acceptors (Lipinski definition) is 2. The van der Waals surface area contributed by atoms with E-state index in [-0.39, 0.29) is 30.0 Å². The first-order valence-electron chi connectivity index (χ1n) is 6.59. The Labute approximate surface area is 129 Å². The van der Waals surface area contributed by atoms with Crippen LogP contribution in [0.1, 0.15) is 25.0 Å². The average Bonchev–Trinajstić information content (AvgIpc) is 2.36. The van der Waals surface area contributed by atoms with Crippen molar-refractivity contribution in [3.8, 4) is 0 Å². The van der Waals surface area contributed by atoms with E-state index < -0.39 is 23.3 Å². The van der Waals surface area contributed by atoms with Crippen LogP contribution >= 0.6 is 11.8 Å². The molecule has 0 amide bonds. The normalized spacial score (nSPS) is 14.4. The molecule has 0 heterocycles. The summed E-state index contributed by atoms with van der Waals surface area (Å²) in [5.74, 6) is -0.249. The fourth-order valence-corrected chi connectivity index (χ4v) is 2.65. The first-order valence-corrected chi connectivity index (χ1v) is 7.58. The van der Waals surface area contributed by atoms with Gasteiger partial charge in [0.1, 0.15) is 0 Å². The van der Waals surface area contributed by atoms with Gasteiger partial charge in [-0.2, -0.15) is 26.3 Å². The van der Waals surface area contributed by atoms with Gasteiger partial charge in [0.2, 0.25) is 0 Å². The van der Waals surface area contributed by atoms with Gasteiger partial charge in [0.25, 0.3) is 0 Å². The summed E-state index contributed by atoms with van der Waals surface area (Å²) in [7, 11) is 0. The molecule has 0 aliphatic rings. The summed E-state index contributed by atoms with van der Waals surface area (Å²) in [5.41, 5.74) is -4.69. The highest BCUT2D eigenvalue weighted by Gasteiger charge is 2.31. The molecule has 1 nitrogen and oxygen atoms in total. The van der Waals surface area contributed by atoms with Crippen molar-refractivity contribution < 1.29 is 26.3 Å². The molecule has 1 aromatic carbocycles. The van der Waals surface area contributed by atoms with Crippen molar-refractivity contribution in [2.75, 3.05) is 5.75 Å². The summed E-state index contributed by atoms with van der Waals surface area (Å²) >= 11 is -0.130. The summed E-state index contributed by atoms with van der Waals surface area (Å²) < 4.78 is 74.5. The molecule has 22 heavy (non-hydrogen) atoms. The predicted molar refractivity (Wildman–Crippen MR) is 75.4 cm³/mol. The zero-order valence-corrected chi connectivity index (χ0v) is 12.9. The van der Waals surface area contributed by atoms with Crippen molar-refractivity contribution in [1.29, 1.82) is 0 Å². The number of thioether (sulfide) groups is 1. The second-order valence-corrected chi connectivity index (χ2v) is 6.27. The zero-order valence-electron chi connectivity index (χ0n) is 12.1. The number of halogens is 6. The van der Waals surface area contributed by atoms with Crippen molar-refractivity contribution >= 4 is 11.8 Å². The SMILES string of the molecule is CC(C)C(CSC(F)(F)F)NCc1cccc(C(F)(F)F)c1. The molecule has 1 aromatic rings. The molecule has 0 spiro atoms. The van der Waals surface area contributed by atoms with Crippen LogP contribution in [0.4, 0.5) is 26.3 Å². The van der Waals surface area contributed by atoms with Gasteiger partial charge in [-0.05, 0) is 29.3 Å². The van der Waals surface area contributed by atoms with Crippen LogP contribution in [0.5, 0.6) is 0 Å². The molecule has 0 aliphatic carbocycles. The van der Waals surface area contributed by atoms with Crippen molar-refractivity contribution in [2.45, 2.75) is 38.1 Å². The minimum Gasteiger partial charge on any atom is -0.309 e. The van der Waals surface area contributed by atoms with Crippen LogP contribution in [0.25, 0.3) is 0 Å². The van der Waals surface area contributed by atoms with Crippen LogP contribution in [-0.2, 0) is 12.7 Å². The second-order valence-electron chi connectivity index (χ2n) is 5.19. The lowest BCUT2D eigenvalue weighted by Crippen LogP contribution is -2.36. The van der Waals surface area contributed by atoms with E-state index in [0.717, 1.165) is 12.1 Å². The van der Waals surface area contributed by atoms with Crippen molar-refractivity contribution in [3.63, 3.8) is 0 Å². The fourth-order valence-electron chi connectivity index (χ4n) is 1.78. The fraction of sp³-hybridized carbons (Fsp3) is 0.571. The summed E-state index contributed by atoms with van der Waals surface area (Å²) in [5, 5.41) is 2.90. The van der Waals surface area contributed by atoms with E-state index in [1.54, 1.807) is 13.8 Å². The molecule has 0 bridgehead atoms. The zero-order chi connectivity index (χ0) is 17.0. The van der Waals surface area contributed by atoms with Gasteiger partial charge < -0.3 is 5.32 Å². The van der Waals surface area contributed by atoms with E-state index in [2.05, 4.69) is 5.32 Å². The smallest absolute Gasteiger partial charge is 0.309 e. The lowest BCUT2D eigenvalue weighted by molar-refractivity contribution is -0.137. The van der Waals surface area contributed by atoms with Gasteiger partial charge in [-0.15, -0.1) is 0 Å². The van der Waals surface area contributed by atoms with Crippen LogP contribution in [-0.4, -0.2) is 17.3 Å². The molecule has 1 rings (SSSR count). The monoisotopic (exact) mass is 345 g/mol. The molecule has 0 aromatic heterocycles. The number of alkyl halides is 6. The van der Waals surface area contributed by atoms with E-state index in [9.17, 15) is 26.3 Å². The predicted octanol–water partition coefficient (Wildman–Crippen LogP) is 5.07. The minimum atomic E-state index is -4.43. The molecule has 126 valence electrons. The van der Waals surface area contributed by atoms with Gasteiger partial charge in [0.05, 0.1) is 5.56 Å². The number of rotatable bonds is 6. The minimum absolute atomic E-state index is 0.0688. The largest absolute Gasteiger partial charge is 0.441 e. The van der Waals surface area contributed by atoms with E-state index in [1.807, 2.05) is 0 Å². The molecule has 0 fully saturated rings. The average molecular weight is 345 g/mol. The Morgan fingerprint density at radius 3 is 2.23 bits per heavy atom. The first kappa shape index (κ1) is 19.2. The molecular formula is C14H17F6NS. The summed E-state index contributed by atoms with van der Waals surface area (Å²) in [4.78, 5) is 0. The Kier molecular flexibility index (Phi) is 6.61. The van der Waals surface area contributed by atoms with Crippen LogP contribution in [0.3, 0.4) is 0 Å². The van der Waals surface area contributed by atoms with Crippen LogP contribution in [0.15, 0.2) is 24.3 Å². The van der Waals surface area contributed by atoms with Crippen LogP contribution in [0, 0.1) is 5.92 Å². The lowest BCUT2D eigenvalue weighted by atomic mass is 10.1.